The summed E-state index contributed by atoms with van der Waals surface area (Å²) in [5.41, 5.74) is 7.97. The van der Waals surface area contributed by atoms with E-state index in [1.165, 1.54) is 0 Å². The molecule has 0 spiro atoms. The predicted molar refractivity (Wildman–Crippen MR) is 56.8 cm³/mol. The number of nitrogens with two attached hydrogens (primary N) is 1. The summed E-state index contributed by atoms with van der Waals surface area (Å²) >= 11 is 0. The lowest BCUT2D eigenvalue weighted by Crippen LogP contribution is -2.06. The van der Waals surface area contributed by atoms with Crippen LogP contribution in [0.5, 0.6) is 0 Å². The van der Waals surface area contributed by atoms with E-state index in [0.29, 0.717) is 12.1 Å². The molecule has 0 aliphatic heterocycles. The van der Waals surface area contributed by atoms with E-state index in [-0.39, 0.29) is 0 Å². The van der Waals surface area contributed by atoms with Gasteiger partial charge in [0.05, 0.1) is 11.4 Å². The molecular weight excluding hydrogens is 190 g/mol. The topological polar surface area (TPSA) is 60.9 Å². The van der Waals surface area contributed by atoms with Crippen LogP contribution in [0.3, 0.4) is 0 Å². The van der Waals surface area contributed by atoms with Crippen molar-refractivity contribution in [1.29, 1.82) is 0 Å². The number of aldehydes is 1. The minimum atomic E-state index is 0.422. The van der Waals surface area contributed by atoms with Crippen molar-refractivity contribution >= 4 is 6.29 Å². The summed E-state index contributed by atoms with van der Waals surface area (Å²) in [6, 6.07) is 9.09. The van der Waals surface area contributed by atoms with Gasteiger partial charge >= 0.3 is 0 Å². The third kappa shape index (κ3) is 1.80. The van der Waals surface area contributed by atoms with Crippen molar-refractivity contribution in [3.05, 3.63) is 47.8 Å². The van der Waals surface area contributed by atoms with E-state index in [0.717, 1.165) is 17.7 Å². The molecular formula is C11H11N3O. The lowest BCUT2D eigenvalue weighted by atomic mass is 10.2. The van der Waals surface area contributed by atoms with Crippen molar-refractivity contribution in [2.24, 2.45) is 5.73 Å². The van der Waals surface area contributed by atoms with Gasteiger partial charge in [0.1, 0.15) is 6.29 Å². The van der Waals surface area contributed by atoms with Crippen LogP contribution in [0.25, 0.3) is 5.69 Å². The molecule has 0 aliphatic rings. The van der Waals surface area contributed by atoms with Crippen LogP contribution in [-0.2, 0) is 6.54 Å². The second-order valence-corrected chi connectivity index (χ2v) is 3.15. The first-order chi connectivity index (χ1) is 7.35. The summed E-state index contributed by atoms with van der Waals surface area (Å²) < 4.78 is 1.73. The van der Waals surface area contributed by atoms with Gasteiger partial charge in [0, 0.05) is 18.3 Å². The molecule has 1 aromatic heterocycles. The fraction of sp³-hybridized carbons (Fsp3) is 0.0909. The maximum absolute atomic E-state index is 10.6. The van der Waals surface area contributed by atoms with Gasteiger partial charge < -0.3 is 5.73 Å². The molecule has 2 N–H and O–H groups in total. The fourth-order valence-corrected chi connectivity index (χ4v) is 1.45. The summed E-state index contributed by atoms with van der Waals surface area (Å²) in [6.07, 6.45) is 2.50. The number of carbonyl (C=O) groups is 1. The Morgan fingerprint density at radius 1 is 1.40 bits per heavy atom. The SMILES string of the molecule is NCc1ccnn1-c1cccc(C=O)c1. The number of carbonyl (C=O) groups excluding carboxylic acids is 1. The van der Waals surface area contributed by atoms with Gasteiger partial charge in [-0.15, -0.1) is 0 Å². The number of hydrogen-bond donors (Lipinski definition) is 1. The summed E-state index contributed by atoms with van der Waals surface area (Å²) in [6.45, 7) is 0.422. The first-order valence-electron chi connectivity index (χ1n) is 4.63. The van der Waals surface area contributed by atoms with Crippen LogP contribution in [0.1, 0.15) is 16.1 Å². The van der Waals surface area contributed by atoms with E-state index < -0.39 is 0 Å². The third-order valence-electron chi connectivity index (χ3n) is 2.18. The molecule has 0 amide bonds. The number of nitrogens with zero attached hydrogens (tertiary/aromatic N) is 2. The molecule has 4 nitrogen and oxygen atoms in total. The maximum Gasteiger partial charge on any atom is 0.150 e. The second kappa shape index (κ2) is 4.06. The van der Waals surface area contributed by atoms with Crippen molar-refractivity contribution in [2.45, 2.75) is 6.54 Å². The Labute approximate surface area is 87.3 Å². The second-order valence-electron chi connectivity index (χ2n) is 3.15. The standard InChI is InChI=1S/C11H11N3O/c12-7-11-4-5-13-14(11)10-3-1-2-9(6-10)8-15/h1-6,8H,7,12H2. The van der Waals surface area contributed by atoms with E-state index in [1.807, 2.05) is 18.2 Å². The highest BCUT2D eigenvalue weighted by molar-refractivity contribution is 5.75. The van der Waals surface area contributed by atoms with Crippen LogP contribution >= 0.6 is 0 Å². The largest absolute Gasteiger partial charge is 0.325 e. The lowest BCUT2D eigenvalue weighted by Gasteiger charge is -2.05. The molecule has 0 unspecified atom stereocenters. The van der Waals surface area contributed by atoms with Gasteiger partial charge in [-0.1, -0.05) is 12.1 Å². The highest BCUT2D eigenvalue weighted by Gasteiger charge is 2.03. The average molecular weight is 201 g/mol. The molecule has 1 aromatic carbocycles. The van der Waals surface area contributed by atoms with Crippen LogP contribution < -0.4 is 5.73 Å². The molecule has 0 saturated heterocycles. The quantitative estimate of drug-likeness (QED) is 0.757. The van der Waals surface area contributed by atoms with E-state index in [2.05, 4.69) is 5.10 Å². The van der Waals surface area contributed by atoms with E-state index >= 15 is 0 Å². The van der Waals surface area contributed by atoms with Gasteiger partial charge in [0.25, 0.3) is 0 Å². The Hall–Kier alpha value is -1.94. The normalized spacial score (nSPS) is 10.2. The van der Waals surface area contributed by atoms with Gasteiger partial charge in [-0.05, 0) is 18.2 Å². The van der Waals surface area contributed by atoms with Crippen LogP contribution in [0.2, 0.25) is 0 Å². The molecule has 15 heavy (non-hydrogen) atoms. The molecule has 0 saturated carbocycles. The zero-order valence-electron chi connectivity index (χ0n) is 8.13. The summed E-state index contributed by atoms with van der Waals surface area (Å²) in [7, 11) is 0. The number of rotatable bonds is 3. The monoisotopic (exact) mass is 201 g/mol. The Balaban J connectivity index is 2.48. The summed E-state index contributed by atoms with van der Waals surface area (Å²) in [4.78, 5) is 10.6. The van der Waals surface area contributed by atoms with Crippen molar-refractivity contribution < 1.29 is 4.79 Å². The highest BCUT2D eigenvalue weighted by atomic mass is 16.1. The smallest absolute Gasteiger partial charge is 0.150 e. The minimum absolute atomic E-state index is 0.422. The molecule has 0 bridgehead atoms. The fourth-order valence-electron chi connectivity index (χ4n) is 1.45. The molecule has 2 rings (SSSR count). The Kier molecular flexibility index (Phi) is 2.60. The molecule has 0 atom stereocenters. The molecule has 1 heterocycles. The molecule has 2 aromatic rings. The zero-order chi connectivity index (χ0) is 10.7. The molecule has 0 fully saturated rings. The molecule has 0 radical (unpaired) electrons. The predicted octanol–water partition coefficient (Wildman–Crippen LogP) is 1.14. The van der Waals surface area contributed by atoms with E-state index in [1.54, 1.807) is 23.0 Å². The van der Waals surface area contributed by atoms with Gasteiger partial charge in [0.2, 0.25) is 0 Å². The first kappa shape index (κ1) is 9.61. The van der Waals surface area contributed by atoms with Crippen molar-refractivity contribution in [3.63, 3.8) is 0 Å². The Morgan fingerprint density at radius 2 is 2.27 bits per heavy atom. The summed E-state index contributed by atoms with van der Waals surface area (Å²) in [5, 5.41) is 4.15. The number of benzene rings is 1. The maximum atomic E-state index is 10.6. The molecule has 0 aliphatic carbocycles. The van der Waals surface area contributed by atoms with Crippen LogP contribution in [0.15, 0.2) is 36.5 Å². The lowest BCUT2D eigenvalue weighted by molar-refractivity contribution is 0.112. The van der Waals surface area contributed by atoms with Crippen molar-refractivity contribution in [1.82, 2.24) is 9.78 Å². The van der Waals surface area contributed by atoms with Crippen LogP contribution in [-0.4, -0.2) is 16.1 Å². The van der Waals surface area contributed by atoms with Gasteiger partial charge in [-0.25, -0.2) is 4.68 Å². The van der Waals surface area contributed by atoms with Crippen LogP contribution in [0, 0.1) is 0 Å². The summed E-state index contributed by atoms with van der Waals surface area (Å²) in [5.74, 6) is 0. The van der Waals surface area contributed by atoms with Crippen molar-refractivity contribution in [2.75, 3.05) is 0 Å². The molecule has 76 valence electrons. The number of hydrogen-bond acceptors (Lipinski definition) is 3. The molecule has 4 heteroatoms. The first-order valence-corrected chi connectivity index (χ1v) is 4.63. The van der Waals surface area contributed by atoms with Crippen molar-refractivity contribution in [3.8, 4) is 5.69 Å². The van der Waals surface area contributed by atoms with Gasteiger partial charge in [-0.3, -0.25) is 4.79 Å². The van der Waals surface area contributed by atoms with E-state index in [4.69, 9.17) is 5.73 Å². The van der Waals surface area contributed by atoms with Crippen LogP contribution in [0.4, 0.5) is 0 Å². The van der Waals surface area contributed by atoms with E-state index in [9.17, 15) is 4.79 Å². The Bertz CT molecular complexity index is 476. The van der Waals surface area contributed by atoms with Gasteiger partial charge in [-0.2, -0.15) is 5.10 Å². The zero-order valence-corrected chi connectivity index (χ0v) is 8.13. The number of aromatic nitrogens is 2. The van der Waals surface area contributed by atoms with Gasteiger partial charge in [0.15, 0.2) is 0 Å². The Morgan fingerprint density at radius 3 is 3.00 bits per heavy atom. The average Bonchev–Trinajstić information content (AvgIpc) is 2.77. The minimum Gasteiger partial charge on any atom is -0.325 e. The highest BCUT2D eigenvalue weighted by Crippen LogP contribution is 2.11. The third-order valence-corrected chi connectivity index (χ3v) is 2.18.